The summed E-state index contributed by atoms with van der Waals surface area (Å²) in [7, 11) is 0. The van der Waals surface area contributed by atoms with Gasteiger partial charge in [0.05, 0.1) is 0 Å². The maximum Gasteiger partial charge on any atom is 0.323 e. The summed E-state index contributed by atoms with van der Waals surface area (Å²) in [6.07, 6.45) is 2.31. The number of benzene rings is 1. The Labute approximate surface area is 131 Å². The molecule has 3 rings (SSSR count). The molecule has 0 amide bonds. The van der Waals surface area contributed by atoms with E-state index in [1.54, 1.807) is 0 Å². The first kappa shape index (κ1) is 14.1. The zero-order chi connectivity index (χ0) is 14.7. The fourth-order valence-electron chi connectivity index (χ4n) is 2.26. The number of aromatic nitrogens is 3. The van der Waals surface area contributed by atoms with E-state index in [1.807, 2.05) is 24.3 Å². The van der Waals surface area contributed by atoms with Crippen LogP contribution in [0.5, 0.6) is 6.01 Å². The molecule has 1 aliphatic rings. The number of hydrogen-bond acceptors (Lipinski definition) is 6. The largest absolute Gasteiger partial charge is 0.458 e. The number of rotatable bonds is 4. The smallest absolute Gasteiger partial charge is 0.323 e. The molecule has 1 fully saturated rings. The highest BCUT2D eigenvalue weighted by atomic mass is 79.9. The fraction of sp³-hybridized carbons (Fsp3) is 0.357. The number of nitrogen functional groups attached to an aromatic ring is 1. The third-order valence-electron chi connectivity index (χ3n) is 3.27. The van der Waals surface area contributed by atoms with Crippen LogP contribution in [0.2, 0.25) is 0 Å². The van der Waals surface area contributed by atoms with Gasteiger partial charge < -0.3 is 15.4 Å². The van der Waals surface area contributed by atoms with Crippen molar-refractivity contribution in [3.63, 3.8) is 0 Å². The van der Waals surface area contributed by atoms with Crippen LogP contribution in [-0.4, -0.2) is 28.0 Å². The molecule has 1 aromatic heterocycles. The molecule has 1 aromatic carbocycles. The maximum atomic E-state index is 5.74. The van der Waals surface area contributed by atoms with Gasteiger partial charge in [-0.15, -0.1) is 0 Å². The van der Waals surface area contributed by atoms with Crippen LogP contribution in [0.25, 0.3) is 0 Å². The number of hydrogen-bond donors (Lipinski definition) is 1. The lowest BCUT2D eigenvalue weighted by Gasteiger charge is -2.15. The topological polar surface area (TPSA) is 77.2 Å². The Bertz CT molecular complexity index is 631. The van der Waals surface area contributed by atoms with Crippen LogP contribution < -0.4 is 15.4 Å². The molecular formula is C14H16BrN5O. The second-order valence-corrected chi connectivity index (χ2v) is 5.80. The van der Waals surface area contributed by atoms with Gasteiger partial charge in [-0.05, 0) is 30.5 Å². The van der Waals surface area contributed by atoms with Gasteiger partial charge in [0.2, 0.25) is 11.9 Å². The summed E-state index contributed by atoms with van der Waals surface area (Å²) < 4.78 is 6.65. The number of anilines is 2. The van der Waals surface area contributed by atoms with Crippen LogP contribution in [0.1, 0.15) is 18.4 Å². The number of ether oxygens (including phenoxy) is 1. The summed E-state index contributed by atoms with van der Waals surface area (Å²) in [6, 6.07) is 8.17. The van der Waals surface area contributed by atoms with Gasteiger partial charge in [-0.3, -0.25) is 0 Å². The first-order chi connectivity index (χ1) is 10.2. The predicted octanol–water partition coefficient (Wildman–Crippen LogP) is 2.40. The van der Waals surface area contributed by atoms with E-state index >= 15 is 0 Å². The molecule has 0 bridgehead atoms. The van der Waals surface area contributed by atoms with E-state index in [1.165, 1.54) is 0 Å². The average molecular weight is 350 g/mol. The molecule has 0 atom stereocenters. The van der Waals surface area contributed by atoms with Crippen molar-refractivity contribution < 1.29 is 4.74 Å². The number of halogens is 1. The van der Waals surface area contributed by atoms with Crippen molar-refractivity contribution in [3.05, 3.63) is 34.3 Å². The minimum atomic E-state index is 0.191. The van der Waals surface area contributed by atoms with Crippen LogP contribution in [0.3, 0.4) is 0 Å². The Morgan fingerprint density at radius 1 is 1.19 bits per heavy atom. The van der Waals surface area contributed by atoms with Gasteiger partial charge in [0.25, 0.3) is 0 Å². The van der Waals surface area contributed by atoms with Crippen LogP contribution in [0, 0.1) is 0 Å². The van der Waals surface area contributed by atoms with Crippen LogP contribution in [-0.2, 0) is 6.61 Å². The quantitative estimate of drug-likeness (QED) is 0.913. The Kier molecular flexibility index (Phi) is 4.19. The summed E-state index contributed by atoms with van der Waals surface area (Å²) in [5.41, 5.74) is 6.78. The third-order valence-corrected chi connectivity index (χ3v) is 3.76. The molecule has 0 unspecified atom stereocenters. The van der Waals surface area contributed by atoms with Crippen molar-refractivity contribution in [1.82, 2.24) is 15.0 Å². The van der Waals surface area contributed by atoms with E-state index in [0.717, 1.165) is 36.0 Å². The second-order valence-electron chi connectivity index (χ2n) is 4.89. The average Bonchev–Trinajstić information content (AvgIpc) is 2.99. The monoisotopic (exact) mass is 349 g/mol. The molecule has 110 valence electrons. The molecule has 0 radical (unpaired) electrons. The Morgan fingerprint density at radius 3 is 2.76 bits per heavy atom. The van der Waals surface area contributed by atoms with Gasteiger partial charge in [0.15, 0.2) is 0 Å². The first-order valence-corrected chi connectivity index (χ1v) is 7.64. The standard InChI is InChI=1S/C14H16BrN5O/c15-11-5-3-4-10(8-11)9-21-14-18-12(16)17-13(19-14)20-6-1-2-7-20/h3-5,8H,1-2,6-7,9H2,(H2,16,17,18,19). The van der Waals surface area contributed by atoms with Gasteiger partial charge in [0, 0.05) is 17.6 Å². The van der Waals surface area contributed by atoms with Crippen molar-refractivity contribution in [1.29, 1.82) is 0 Å². The first-order valence-electron chi connectivity index (χ1n) is 6.84. The zero-order valence-electron chi connectivity index (χ0n) is 11.5. The van der Waals surface area contributed by atoms with Crippen molar-refractivity contribution >= 4 is 27.8 Å². The number of nitrogens with zero attached hydrogens (tertiary/aromatic N) is 4. The fourth-order valence-corrected chi connectivity index (χ4v) is 2.71. The highest BCUT2D eigenvalue weighted by molar-refractivity contribution is 9.10. The third kappa shape index (κ3) is 3.60. The lowest BCUT2D eigenvalue weighted by molar-refractivity contribution is 0.280. The molecule has 2 N–H and O–H groups in total. The van der Waals surface area contributed by atoms with E-state index in [0.29, 0.717) is 12.6 Å². The van der Waals surface area contributed by atoms with E-state index in [9.17, 15) is 0 Å². The molecule has 1 saturated heterocycles. The zero-order valence-corrected chi connectivity index (χ0v) is 13.1. The SMILES string of the molecule is Nc1nc(OCc2cccc(Br)c2)nc(N2CCCC2)n1. The molecule has 0 spiro atoms. The molecule has 2 heterocycles. The van der Waals surface area contributed by atoms with Crippen LogP contribution in [0.4, 0.5) is 11.9 Å². The summed E-state index contributed by atoms with van der Waals surface area (Å²) >= 11 is 3.43. The van der Waals surface area contributed by atoms with Gasteiger partial charge >= 0.3 is 6.01 Å². The summed E-state index contributed by atoms with van der Waals surface area (Å²) in [5.74, 6) is 0.792. The van der Waals surface area contributed by atoms with Crippen molar-refractivity contribution in [3.8, 4) is 6.01 Å². The Hall–Kier alpha value is -1.89. The Morgan fingerprint density at radius 2 is 2.00 bits per heavy atom. The minimum Gasteiger partial charge on any atom is -0.458 e. The normalized spacial score (nSPS) is 14.4. The number of nitrogens with two attached hydrogens (primary N) is 1. The maximum absolute atomic E-state index is 5.74. The Balaban J connectivity index is 1.72. The highest BCUT2D eigenvalue weighted by Gasteiger charge is 2.17. The van der Waals surface area contributed by atoms with Crippen molar-refractivity contribution in [2.75, 3.05) is 23.7 Å². The molecule has 21 heavy (non-hydrogen) atoms. The minimum absolute atomic E-state index is 0.191. The van der Waals surface area contributed by atoms with Gasteiger partial charge in [-0.25, -0.2) is 0 Å². The molecule has 1 aliphatic heterocycles. The molecule has 0 aliphatic carbocycles. The van der Waals surface area contributed by atoms with E-state index < -0.39 is 0 Å². The predicted molar refractivity (Wildman–Crippen MR) is 84.2 cm³/mol. The van der Waals surface area contributed by atoms with Crippen LogP contribution >= 0.6 is 15.9 Å². The van der Waals surface area contributed by atoms with Crippen LogP contribution in [0.15, 0.2) is 28.7 Å². The van der Waals surface area contributed by atoms with Crippen molar-refractivity contribution in [2.45, 2.75) is 19.4 Å². The highest BCUT2D eigenvalue weighted by Crippen LogP contribution is 2.19. The summed E-state index contributed by atoms with van der Waals surface area (Å²) in [5, 5.41) is 0. The lowest BCUT2D eigenvalue weighted by Crippen LogP contribution is -2.21. The molecular weight excluding hydrogens is 334 g/mol. The van der Waals surface area contributed by atoms with Gasteiger partial charge in [0.1, 0.15) is 6.61 Å². The van der Waals surface area contributed by atoms with E-state index in [4.69, 9.17) is 10.5 Å². The summed E-state index contributed by atoms with van der Waals surface area (Å²) in [4.78, 5) is 14.7. The van der Waals surface area contributed by atoms with E-state index in [-0.39, 0.29) is 12.0 Å². The second kappa shape index (κ2) is 6.26. The molecule has 6 nitrogen and oxygen atoms in total. The van der Waals surface area contributed by atoms with E-state index in [2.05, 4.69) is 35.8 Å². The molecule has 0 saturated carbocycles. The lowest BCUT2D eigenvalue weighted by atomic mass is 10.2. The van der Waals surface area contributed by atoms with Gasteiger partial charge in [-0.1, -0.05) is 28.1 Å². The molecule has 7 heteroatoms. The van der Waals surface area contributed by atoms with Gasteiger partial charge in [-0.2, -0.15) is 15.0 Å². The summed E-state index contributed by atoms with van der Waals surface area (Å²) in [6.45, 7) is 2.30. The van der Waals surface area contributed by atoms with Crippen molar-refractivity contribution in [2.24, 2.45) is 0 Å². The molecule has 2 aromatic rings.